The maximum absolute atomic E-state index is 13.4. The van der Waals surface area contributed by atoms with Crippen LogP contribution in [-0.4, -0.2) is 56.3 Å². The van der Waals surface area contributed by atoms with E-state index in [9.17, 15) is 14.0 Å². The molecule has 0 bridgehead atoms. The van der Waals surface area contributed by atoms with Crippen molar-refractivity contribution in [2.75, 3.05) is 29.9 Å². The van der Waals surface area contributed by atoms with Crippen LogP contribution >= 0.6 is 23.4 Å². The average Bonchev–Trinajstić information content (AvgIpc) is 3.18. The number of benzene rings is 2. The fraction of sp³-hybridized carbons (Fsp3) is 0.273. The van der Waals surface area contributed by atoms with Crippen molar-refractivity contribution in [1.29, 1.82) is 0 Å². The number of rotatable bonds is 4. The predicted molar refractivity (Wildman–Crippen MR) is 123 cm³/mol. The Balaban J connectivity index is 1.51. The van der Waals surface area contributed by atoms with Crippen LogP contribution in [0, 0.1) is 19.7 Å². The van der Waals surface area contributed by atoms with Gasteiger partial charge in [0.2, 0.25) is 0 Å². The van der Waals surface area contributed by atoms with Crippen molar-refractivity contribution in [1.82, 2.24) is 19.9 Å². The zero-order valence-corrected chi connectivity index (χ0v) is 19.1. The molecule has 7 nitrogen and oxygen atoms in total. The molecule has 1 saturated heterocycles. The summed E-state index contributed by atoms with van der Waals surface area (Å²) < 4.78 is 14.9. The van der Waals surface area contributed by atoms with Gasteiger partial charge in [0.15, 0.2) is 5.69 Å². The van der Waals surface area contributed by atoms with E-state index in [2.05, 4.69) is 15.6 Å². The number of thioether (sulfide) groups is 1. The van der Waals surface area contributed by atoms with E-state index in [1.54, 1.807) is 25.1 Å². The Morgan fingerprint density at radius 3 is 2.56 bits per heavy atom. The molecule has 1 N–H and O–H groups in total. The molecule has 0 spiro atoms. The quantitative estimate of drug-likeness (QED) is 0.616. The van der Waals surface area contributed by atoms with Gasteiger partial charge in [-0.05, 0) is 55.8 Å². The number of nitrogens with zero attached hydrogens (tertiary/aromatic N) is 4. The van der Waals surface area contributed by atoms with Gasteiger partial charge in [0.25, 0.3) is 11.8 Å². The second-order valence-electron chi connectivity index (χ2n) is 7.42. The molecule has 0 aliphatic carbocycles. The lowest BCUT2D eigenvalue weighted by atomic mass is 10.1. The molecule has 1 fully saturated rings. The molecule has 0 unspecified atom stereocenters. The summed E-state index contributed by atoms with van der Waals surface area (Å²) in [7, 11) is 0. The molecule has 4 rings (SSSR count). The Morgan fingerprint density at radius 2 is 1.88 bits per heavy atom. The molecule has 1 aromatic heterocycles. The Labute approximate surface area is 193 Å². The Hall–Kier alpha value is -2.91. The smallest absolute Gasteiger partial charge is 0.278 e. The Bertz CT molecular complexity index is 1190. The number of hydrogen-bond donors (Lipinski definition) is 1. The van der Waals surface area contributed by atoms with Crippen molar-refractivity contribution in [3.8, 4) is 5.69 Å². The van der Waals surface area contributed by atoms with E-state index in [1.165, 1.54) is 22.9 Å². The monoisotopic (exact) mass is 473 g/mol. The number of nitrogens with one attached hydrogen (secondary N) is 1. The minimum Gasteiger partial charge on any atom is -0.337 e. The fourth-order valence-corrected chi connectivity index (χ4v) is 4.55. The summed E-state index contributed by atoms with van der Waals surface area (Å²) in [5.74, 6) is 0.925. The number of hydrogen-bond acceptors (Lipinski definition) is 5. The second kappa shape index (κ2) is 9.30. The first kappa shape index (κ1) is 22.3. The number of amides is 2. The van der Waals surface area contributed by atoms with Gasteiger partial charge < -0.3 is 10.2 Å². The summed E-state index contributed by atoms with van der Waals surface area (Å²) in [6.07, 6.45) is 0. The first-order chi connectivity index (χ1) is 15.3. The van der Waals surface area contributed by atoms with Gasteiger partial charge in [0.05, 0.1) is 16.4 Å². The molecule has 2 amide bonds. The third-order valence-corrected chi connectivity index (χ3v) is 6.51. The summed E-state index contributed by atoms with van der Waals surface area (Å²) in [5.41, 5.74) is 3.07. The fourth-order valence-electron chi connectivity index (χ4n) is 3.47. The molecule has 166 valence electrons. The van der Waals surface area contributed by atoms with E-state index in [0.717, 1.165) is 30.2 Å². The molecular weight excluding hydrogens is 453 g/mol. The topological polar surface area (TPSA) is 80.1 Å². The van der Waals surface area contributed by atoms with Gasteiger partial charge in [-0.2, -0.15) is 11.8 Å². The summed E-state index contributed by atoms with van der Waals surface area (Å²) >= 11 is 7.70. The first-order valence-electron chi connectivity index (χ1n) is 10.0. The lowest BCUT2D eigenvalue weighted by Gasteiger charge is -2.26. The van der Waals surface area contributed by atoms with Crippen LogP contribution in [-0.2, 0) is 0 Å². The molecule has 2 heterocycles. The zero-order chi connectivity index (χ0) is 22.8. The van der Waals surface area contributed by atoms with Gasteiger partial charge in [-0.25, -0.2) is 9.07 Å². The van der Waals surface area contributed by atoms with E-state index in [1.807, 2.05) is 23.6 Å². The minimum atomic E-state index is -0.539. The van der Waals surface area contributed by atoms with Gasteiger partial charge in [0.1, 0.15) is 5.82 Å². The highest BCUT2D eigenvalue weighted by Crippen LogP contribution is 2.22. The summed E-state index contributed by atoms with van der Waals surface area (Å²) in [5, 5.41) is 10.8. The number of aromatic nitrogens is 3. The number of carbonyl (C=O) groups excluding carboxylic acids is 2. The lowest BCUT2D eigenvalue weighted by Crippen LogP contribution is -2.37. The van der Waals surface area contributed by atoms with Crippen LogP contribution in [0.4, 0.5) is 10.1 Å². The maximum Gasteiger partial charge on any atom is 0.278 e. The highest BCUT2D eigenvalue weighted by atomic mass is 35.5. The minimum absolute atomic E-state index is 0.00280. The standard InChI is InChI=1S/C22H21ClFN5O2S/c1-13-11-15(22(31)28-7-9-32-10-8-28)3-6-19(13)25-21(30)20-14(2)29(27-26-20)16-4-5-18(24)17(23)12-16/h3-6,11-12H,7-10H2,1-2H3,(H,25,30). The molecular formula is C22H21ClFN5O2S. The van der Waals surface area contributed by atoms with Crippen LogP contribution in [0.5, 0.6) is 0 Å². The van der Waals surface area contributed by atoms with E-state index in [-0.39, 0.29) is 16.6 Å². The van der Waals surface area contributed by atoms with Crippen molar-refractivity contribution in [2.45, 2.75) is 13.8 Å². The number of aryl methyl sites for hydroxylation is 1. The largest absolute Gasteiger partial charge is 0.337 e. The number of anilines is 1. The molecule has 32 heavy (non-hydrogen) atoms. The van der Waals surface area contributed by atoms with Crippen molar-refractivity contribution in [2.24, 2.45) is 0 Å². The summed E-state index contributed by atoms with van der Waals surface area (Å²) in [6, 6.07) is 9.37. The maximum atomic E-state index is 13.4. The third-order valence-electron chi connectivity index (χ3n) is 5.28. The van der Waals surface area contributed by atoms with Crippen LogP contribution in [0.2, 0.25) is 5.02 Å². The number of halogens is 2. The molecule has 0 atom stereocenters. The van der Waals surface area contributed by atoms with Crippen LogP contribution in [0.25, 0.3) is 5.69 Å². The van der Waals surface area contributed by atoms with Crippen LogP contribution in [0.1, 0.15) is 32.1 Å². The molecule has 1 aliphatic rings. The lowest BCUT2D eigenvalue weighted by molar-refractivity contribution is 0.0772. The molecule has 10 heteroatoms. The predicted octanol–water partition coefficient (Wildman–Crippen LogP) is 4.12. The average molecular weight is 474 g/mol. The first-order valence-corrected chi connectivity index (χ1v) is 11.5. The van der Waals surface area contributed by atoms with Crippen molar-refractivity contribution < 1.29 is 14.0 Å². The molecule has 1 aliphatic heterocycles. The molecule has 0 saturated carbocycles. The third kappa shape index (κ3) is 4.49. The van der Waals surface area contributed by atoms with Crippen LogP contribution in [0.15, 0.2) is 36.4 Å². The summed E-state index contributed by atoms with van der Waals surface area (Å²) in [6.45, 7) is 5.02. The SMILES string of the molecule is Cc1cc(C(=O)N2CCSCC2)ccc1NC(=O)c1nnn(-c2ccc(F)c(Cl)c2)c1C. The van der Waals surface area contributed by atoms with Gasteiger partial charge in [-0.3, -0.25) is 9.59 Å². The zero-order valence-electron chi connectivity index (χ0n) is 17.6. The van der Waals surface area contributed by atoms with Gasteiger partial charge >= 0.3 is 0 Å². The van der Waals surface area contributed by atoms with E-state index >= 15 is 0 Å². The molecule has 3 aromatic rings. The summed E-state index contributed by atoms with van der Waals surface area (Å²) in [4.78, 5) is 27.4. The van der Waals surface area contributed by atoms with Crippen molar-refractivity contribution in [3.05, 3.63) is 69.8 Å². The van der Waals surface area contributed by atoms with Crippen molar-refractivity contribution >= 4 is 40.9 Å². The van der Waals surface area contributed by atoms with E-state index in [4.69, 9.17) is 11.6 Å². The van der Waals surface area contributed by atoms with Crippen molar-refractivity contribution in [3.63, 3.8) is 0 Å². The van der Waals surface area contributed by atoms with Crippen LogP contribution in [0.3, 0.4) is 0 Å². The van der Waals surface area contributed by atoms with Gasteiger partial charge in [-0.15, -0.1) is 5.10 Å². The second-order valence-corrected chi connectivity index (χ2v) is 9.05. The van der Waals surface area contributed by atoms with E-state index in [0.29, 0.717) is 22.6 Å². The van der Waals surface area contributed by atoms with E-state index < -0.39 is 11.7 Å². The van der Waals surface area contributed by atoms with Gasteiger partial charge in [-0.1, -0.05) is 16.8 Å². The van der Waals surface area contributed by atoms with Gasteiger partial charge in [0, 0.05) is 35.8 Å². The highest BCUT2D eigenvalue weighted by molar-refractivity contribution is 7.99. The highest BCUT2D eigenvalue weighted by Gasteiger charge is 2.21. The normalized spacial score (nSPS) is 13.8. The molecule has 2 aromatic carbocycles. The Morgan fingerprint density at radius 1 is 1.12 bits per heavy atom. The number of carbonyl (C=O) groups is 2. The van der Waals surface area contributed by atoms with Crippen LogP contribution < -0.4 is 5.32 Å². The molecule has 0 radical (unpaired) electrons. The Kier molecular flexibility index (Phi) is 6.48.